The van der Waals surface area contributed by atoms with Crippen molar-refractivity contribution in [3.8, 4) is 0 Å². The lowest BCUT2D eigenvalue weighted by Crippen LogP contribution is -2.50. The van der Waals surface area contributed by atoms with Gasteiger partial charge in [-0.3, -0.25) is 9.69 Å². The molecule has 0 saturated carbocycles. The van der Waals surface area contributed by atoms with Crippen molar-refractivity contribution in [3.05, 3.63) is 0 Å². The molecule has 7 nitrogen and oxygen atoms in total. The highest BCUT2D eigenvalue weighted by Crippen LogP contribution is 2.21. The van der Waals surface area contributed by atoms with Gasteiger partial charge in [-0.2, -0.15) is 0 Å². The van der Waals surface area contributed by atoms with Crippen LogP contribution in [-0.2, 0) is 19.1 Å². The van der Waals surface area contributed by atoms with Crippen LogP contribution in [0.15, 0.2) is 0 Å². The van der Waals surface area contributed by atoms with Crippen molar-refractivity contribution in [3.63, 3.8) is 0 Å². The Morgan fingerprint density at radius 1 is 1.33 bits per heavy atom. The third-order valence-corrected chi connectivity index (χ3v) is 3.44. The van der Waals surface area contributed by atoms with Crippen molar-refractivity contribution in [2.75, 3.05) is 13.2 Å². The fourth-order valence-corrected chi connectivity index (χ4v) is 2.47. The largest absolute Gasteiger partial charge is 0.464 e. The highest BCUT2D eigenvalue weighted by Gasteiger charge is 2.38. The summed E-state index contributed by atoms with van der Waals surface area (Å²) >= 11 is 0. The lowest BCUT2D eigenvalue weighted by molar-refractivity contribution is -0.141. The summed E-state index contributed by atoms with van der Waals surface area (Å²) in [5.41, 5.74) is -0.601. The van der Waals surface area contributed by atoms with Gasteiger partial charge in [-0.25, -0.2) is 9.59 Å². The van der Waals surface area contributed by atoms with Gasteiger partial charge in [0, 0.05) is 13.0 Å². The monoisotopic (exact) mass is 298 g/mol. The number of nitrogens with zero attached hydrogens (tertiary/aromatic N) is 1. The zero-order valence-corrected chi connectivity index (χ0v) is 12.7. The van der Waals surface area contributed by atoms with Gasteiger partial charge in [0.2, 0.25) is 5.91 Å². The number of rotatable bonds is 2. The van der Waals surface area contributed by atoms with Crippen LogP contribution in [0.25, 0.3) is 0 Å². The molecule has 2 fully saturated rings. The molecule has 2 atom stereocenters. The Bertz CT molecular complexity index is 443. The highest BCUT2D eigenvalue weighted by molar-refractivity contribution is 5.90. The van der Waals surface area contributed by atoms with Crippen LogP contribution in [-0.4, -0.2) is 53.7 Å². The maximum atomic E-state index is 12.3. The lowest BCUT2D eigenvalue weighted by atomic mass is 10.1. The van der Waals surface area contributed by atoms with Gasteiger partial charge >= 0.3 is 12.1 Å². The topological polar surface area (TPSA) is 84.9 Å². The summed E-state index contributed by atoms with van der Waals surface area (Å²) in [5, 5.41) is 2.66. The second-order valence-corrected chi connectivity index (χ2v) is 6.35. The summed E-state index contributed by atoms with van der Waals surface area (Å²) in [6.07, 6.45) is 1.30. The molecule has 2 heterocycles. The van der Waals surface area contributed by atoms with Gasteiger partial charge in [-0.15, -0.1) is 0 Å². The van der Waals surface area contributed by atoms with Crippen LogP contribution in [0, 0.1) is 0 Å². The predicted octanol–water partition coefficient (Wildman–Crippen LogP) is 0.818. The molecule has 0 aromatic heterocycles. The average Bonchev–Trinajstić information content (AvgIpc) is 2.96. The molecule has 7 heteroatoms. The first-order valence-corrected chi connectivity index (χ1v) is 7.24. The third kappa shape index (κ3) is 3.86. The smallest absolute Gasteiger partial charge is 0.410 e. The number of likely N-dealkylation sites (tertiary alicyclic amines) is 1. The van der Waals surface area contributed by atoms with Gasteiger partial charge < -0.3 is 14.8 Å². The first-order chi connectivity index (χ1) is 9.78. The van der Waals surface area contributed by atoms with E-state index in [0.29, 0.717) is 26.0 Å². The minimum atomic E-state index is -0.601. The SMILES string of the molecule is CC(C)(C)OC(=O)N1CCC[C@H]1C(=O)N[C@@H]1CCOC1=O. The van der Waals surface area contributed by atoms with E-state index in [0.717, 1.165) is 6.42 Å². The normalized spacial score (nSPS) is 25.7. The standard InChI is InChI=1S/C14H22N2O5/c1-14(2,3)21-13(19)16-7-4-5-10(16)11(17)15-9-6-8-20-12(9)18/h9-10H,4-8H2,1-3H3,(H,15,17)/t9-,10+/m1/s1. The van der Waals surface area contributed by atoms with E-state index < -0.39 is 29.7 Å². The van der Waals surface area contributed by atoms with Crippen molar-refractivity contribution in [1.82, 2.24) is 10.2 Å². The Morgan fingerprint density at radius 2 is 2.05 bits per heavy atom. The van der Waals surface area contributed by atoms with E-state index in [9.17, 15) is 14.4 Å². The maximum absolute atomic E-state index is 12.3. The van der Waals surface area contributed by atoms with Crippen LogP contribution in [0.1, 0.15) is 40.0 Å². The molecule has 0 aromatic carbocycles. The number of hydrogen-bond acceptors (Lipinski definition) is 5. The van der Waals surface area contributed by atoms with E-state index >= 15 is 0 Å². The van der Waals surface area contributed by atoms with Gasteiger partial charge in [-0.1, -0.05) is 0 Å². The van der Waals surface area contributed by atoms with E-state index in [-0.39, 0.29) is 5.91 Å². The minimum absolute atomic E-state index is 0.317. The third-order valence-electron chi connectivity index (χ3n) is 3.44. The second kappa shape index (κ2) is 5.91. The Balaban J connectivity index is 1.96. The number of cyclic esters (lactones) is 1. The van der Waals surface area contributed by atoms with Crippen LogP contribution in [0.3, 0.4) is 0 Å². The zero-order chi connectivity index (χ0) is 15.6. The molecule has 0 aromatic rings. The Kier molecular flexibility index (Phi) is 4.39. The van der Waals surface area contributed by atoms with Crippen molar-refractivity contribution >= 4 is 18.0 Å². The van der Waals surface area contributed by atoms with Crippen LogP contribution >= 0.6 is 0 Å². The average molecular weight is 298 g/mol. The molecule has 0 bridgehead atoms. The van der Waals surface area contributed by atoms with Gasteiger partial charge in [0.1, 0.15) is 17.7 Å². The molecular weight excluding hydrogens is 276 g/mol. The summed E-state index contributed by atoms with van der Waals surface area (Å²) in [5.74, 6) is -0.729. The number of nitrogens with one attached hydrogen (secondary N) is 1. The summed E-state index contributed by atoms with van der Waals surface area (Å²) in [6.45, 7) is 6.16. The molecular formula is C14H22N2O5. The van der Waals surface area contributed by atoms with Crippen molar-refractivity contribution in [2.24, 2.45) is 0 Å². The molecule has 2 amide bonds. The number of amides is 2. The van der Waals surface area contributed by atoms with Crippen LogP contribution in [0.2, 0.25) is 0 Å². The van der Waals surface area contributed by atoms with Crippen molar-refractivity contribution in [1.29, 1.82) is 0 Å². The van der Waals surface area contributed by atoms with Gasteiger partial charge in [0.15, 0.2) is 0 Å². The summed E-state index contributed by atoms with van der Waals surface area (Å²) in [4.78, 5) is 37.2. The molecule has 21 heavy (non-hydrogen) atoms. The fraction of sp³-hybridized carbons (Fsp3) is 0.786. The highest BCUT2D eigenvalue weighted by atomic mass is 16.6. The number of esters is 1. The summed E-state index contributed by atoms with van der Waals surface area (Å²) < 4.78 is 10.1. The van der Waals surface area contributed by atoms with Crippen molar-refractivity contribution < 1.29 is 23.9 Å². The Hall–Kier alpha value is -1.79. The van der Waals surface area contributed by atoms with E-state index in [1.165, 1.54) is 4.90 Å². The fourth-order valence-electron chi connectivity index (χ4n) is 2.47. The molecule has 0 spiro atoms. The van der Waals surface area contributed by atoms with Crippen LogP contribution in [0.4, 0.5) is 4.79 Å². The predicted molar refractivity (Wildman–Crippen MR) is 73.5 cm³/mol. The van der Waals surface area contributed by atoms with E-state index in [4.69, 9.17) is 9.47 Å². The van der Waals surface area contributed by atoms with Crippen LogP contribution in [0.5, 0.6) is 0 Å². The summed E-state index contributed by atoms with van der Waals surface area (Å²) in [6, 6.07) is -1.17. The first-order valence-electron chi connectivity index (χ1n) is 7.24. The molecule has 0 unspecified atom stereocenters. The minimum Gasteiger partial charge on any atom is -0.464 e. The molecule has 0 aliphatic carbocycles. The van der Waals surface area contributed by atoms with Gasteiger partial charge in [0.25, 0.3) is 0 Å². The number of ether oxygens (including phenoxy) is 2. The zero-order valence-electron chi connectivity index (χ0n) is 12.7. The van der Waals surface area contributed by atoms with E-state index in [2.05, 4.69) is 5.32 Å². The molecule has 118 valence electrons. The molecule has 2 aliphatic heterocycles. The molecule has 0 radical (unpaired) electrons. The molecule has 2 saturated heterocycles. The first kappa shape index (κ1) is 15.6. The molecule has 2 aliphatic rings. The van der Waals surface area contributed by atoms with Crippen LogP contribution < -0.4 is 5.32 Å². The van der Waals surface area contributed by atoms with Gasteiger partial charge in [-0.05, 0) is 33.6 Å². The lowest BCUT2D eigenvalue weighted by Gasteiger charge is -2.28. The Morgan fingerprint density at radius 3 is 2.62 bits per heavy atom. The second-order valence-electron chi connectivity index (χ2n) is 6.35. The number of carbonyl (C=O) groups is 3. The van der Waals surface area contributed by atoms with Crippen molar-refractivity contribution in [2.45, 2.75) is 57.7 Å². The molecule has 2 rings (SSSR count). The quantitative estimate of drug-likeness (QED) is 0.763. The maximum Gasteiger partial charge on any atom is 0.410 e. The van der Waals surface area contributed by atoms with Gasteiger partial charge in [0.05, 0.1) is 6.61 Å². The molecule has 1 N–H and O–H groups in total. The Labute approximate surface area is 123 Å². The van der Waals surface area contributed by atoms with E-state index in [1.54, 1.807) is 20.8 Å². The number of carbonyl (C=O) groups excluding carboxylic acids is 3. The number of hydrogen-bond donors (Lipinski definition) is 1. The van der Waals surface area contributed by atoms with E-state index in [1.807, 2.05) is 0 Å². The summed E-state index contributed by atoms with van der Waals surface area (Å²) in [7, 11) is 0.